The van der Waals surface area contributed by atoms with E-state index in [9.17, 15) is 9.59 Å². The summed E-state index contributed by atoms with van der Waals surface area (Å²) in [6, 6.07) is 5.50. The number of methoxy groups -OCH3 is 1. The predicted octanol–water partition coefficient (Wildman–Crippen LogP) is 3.17. The van der Waals surface area contributed by atoms with Crippen molar-refractivity contribution in [3.63, 3.8) is 0 Å². The van der Waals surface area contributed by atoms with Gasteiger partial charge in [-0.25, -0.2) is 4.98 Å². The number of anilines is 1. The van der Waals surface area contributed by atoms with E-state index in [0.29, 0.717) is 51.7 Å². The number of thiocarbonyl (C=S) groups is 1. The van der Waals surface area contributed by atoms with Crippen LogP contribution in [0.4, 0.5) is 5.82 Å². The zero-order valence-corrected chi connectivity index (χ0v) is 19.4. The molecule has 9 heteroatoms. The van der Waals surface area contributed by atoms with E-state index >= 15 is 0 Å². The van der Waals surface area contributed by atoms with Gasteiger partial charge in [0.25, 0.3) is 11.5 Å². The van der Waals surface area contributed by atoms with Crippen LogP contribution in [0, 0.1) is 5.92 Å². The molecule has 0 bridgehead atoms. The molecular weight excluding hydrogens is 432 g/mol. The van der Waals surface area contributed by atoms with E-state index in [1.165, 1.54) is 16.2 Å². The maximum atomic E-state index is 13.4. The van der Waals surface area contributed by atoms with Crippen LogP contribution in [-0.2, 0) is 9.53 Å². The smallest absolute Gasteiger partial charge is 0.267 e. The summed E-state index contributed by atoms with van der Waals surface area (Å²) in [5.41, 5.74) is 0.866. The maximum Gasteiger partial charge on any atom is 0.267 e. The lowest BCUT2D eigenvalue weighted by Crippen LogP contribution is -2.36. The molecular formula is C22H26N4O3S2. The predicted molar refractivity (Wildman–Crippen MR) is 128 cm³/mol. The lowest BCUT2D eigenvalue weighted by molar-refractivity contribution is -0.122. The van der Waals surface area contributed by atoms with Gasteiger partial charge in [0.2, 0.25) is 0 Å². The van der Waals surface area contributed by atoms with E-state index in [1.54, 1.807) is 30.3 Å². The van der Waals surface area contributed by atoms with Crippen molar-refractivity contribution in [2.24, 2.45) is 5.92 Å². The molecule has 0 unspecified atom stereocenters. The van der Waals surface area contributed by atoms with Crippen molar-refractivity contribution in [1.82, 2.24) is 14.3 Å². The first-order chi connectivity index (χ1) is 15.0. The Labute approximate surface area is 191 Å². The number of pyridine rings is 1. The molecule has 2 saturated heterocycles. The zero-order valence-electron chi connectivity index (χ0n) is 17.7. The first-order valence-corrected chi connectivity index (χ1v) is 11.7. The normalized spacial score (nSPS) is 19.2. The van der Waals surface area contributed by atoms with E-state index in [1.807, 2.05) is 12.1 Å². The molecule has 2 aliphatic rings. The van der Waals surface area contributed by atoms with Crippen LogP contribution >= 0.6 is 24.0 Å². The lowest BCUT2D eigenvalue weighted by Gasteiger charge is -2.32. The Hall–Kier alpha value is -2.23. The molecule has 0 saturated carbocycles. The third kappa shape index (κ3) is 4.53. The second-order valence-corrected chi connectivity index (χ2v) is 9.61. The number of ether oxygens (including phenoxy) is 1. The summed E-state index contributed by atoms with van der Waals surface area (Å²) in [4.78, 5) is 35.4. The molecule has 1 amide bonds. The summed E-state index contributed by atoms with van der Waals surface area (Å²) in [6.07, 6.45) is 6.19. The van der Waals surface area contributed by atoms with E-state index in [-0.39, 0.29) is 11.5 Å². The van der Waals surface area contributed by atoms with Crippen LogP contribution in [-0.4, -0.2) is 57.9 Å². The first-order valence-electron chi connectivity index (χ1n) is 10.5. The van der Waals surface area contributed by atoms with E-state index in [2.05, 4.69) is 11.8 Å². The van der Waals surface area contributed by atoms with Gasteiger partial charge in [0.15, 0.2) is 0 Å². The number of fused-ring (bicyclic) bond motifs is 1. The van der Waals surface area contributed by atoms with Crippen molar-refractivity contribution in [2.75, 3.05) is 38.3 Å². The lowest BCUT2D eigenvalue weighted by atomic mass is 9.99. The summed E-state index contributed by atoms with van der Waals surface area (Å²) < 4.78 is 7.12. The molecule has 31 heavy (non-hydrogen) atoms. The van der Waals surface area contributed by atoms with Crippen LogP contribution in [0.15, 0.2) is 34.1 Å². The van der Waals surface area contributed by atoms with Crippen molar-refractivity contribution >= 4 is 51.7 Å². The number of carbonyl (C=O) groups excluding carboxylic acids is 1. The molecule has 2 aromatic rings. The second-order valence-electron chi connectivity index (χ2n) is 7.93. The van der Waals surface area contributed by atoms with Gasteiger partial charge in [-0.2, -0.15) is 0 Å². The zero-order chi connectivity index (χ0) is 22.0. The largest absolute Gasteiger partial charge is 0.385 e. The van der Waals surface area contributed by atoms with Gasteiger partial charge in [-0.15, -0.1) is 0 Å². The van der Waals surface area contributed by atoms with Crippen LogP contribution in [0.3, 0.4) is 0 Å². The second kappa shape index (κ2) is 9.50. The number of hydrogen-bond donors (Lipinski definition) is 0. The van der Waals surface area contributed by atoms with Crippen LogP contribution in [0.25, 0.3) is 11.7 Å². The molecule has 164 valence electrons. The van der Waals surface area contributed by atoms with Gasteiger partial charge in [0.1, 0.15) is 15.8 Å². The van der Waals surface area contributed by atoms with Gasteiger partial charge >= 0.3 is 0 Å². The minimum Gasteiger partial charge on any atom is -0.385 e. The molecule has 7 nitrogen and oxygen atoms in total. The molecule has 2 fully saturated rings. The van der Waals surface area contributed by atoms with Crippen LogP contribution < -0.4 is 10.5 Å². The van der Waals surface area contributed by atoms with E-state index < -0.39 is 0 Å². The molecule has 0 N–H and O–H groups in total. The Morgan fingerprint density at radius 1 is 1.29 bits per heavy atom. The quantitative estimate of drug-likeness (QED) is 0.374. The summed E-state index contributed by atoms with van der Waals surface area (Å²) in [5.74, 6) is 1.14. The van der Waals surface area contributed by atoms with Gasteiger partial charge in [0, 0.05) is 39.5 Å². The highest BCUT2D eigenvalue weighted by Gasteiger charge is 2.32. The average molecular weight is 459 g/mol. The minimum atomic E-state index is -0.177. The van der Waals surface area contributed by atoms with E-state index in [4.69, 9.17) is 21.9 Å². The molecule has 0 aromatic carbocycles. The number of aromatic nitrogens is 2. The third-order valence-corrected chi connectivity index (χ3v) is 7.09. The molecule has 0 atom stereocenters. The number of nitrogens with zero attached hydrogens (tertiary/aromatic N) is 4. The average Bonchev–Trinajstić information content (AvgIpc) is 3.04. The van der Waals surface area contributed by atoms with Gasteiger partial charge in [0.05, 0.1) is 10.5 Å². The van der Waals surface area contributed by atoms with Crippen molar-refractivity contribution in [2.45, 2.75) is 26.2 Å². The maximum absolute atomic E-state index is 13.4. The number of hydrogen-bond acceptors (Lipinski definition) is 7. The monoisotopic (exact) mass is 458 g/mol. The van der Waals surface area contributed by atoms with Gasteiger partial charge < -0.3 is 9.64 Å². The van der Waals surface area contributed by atoms with Crippen LogP contribution in [0.1, 0.15) is 31.7 Å². The molecule has 2 aromatic heterocycles. The summed E-state index contributed by atoms with van der Waals surface area (Å²) in [7, 11) is 1.63. The summed E-state index contributed by atoms with van der Waals surface area (Å²) in [5, 5.41) is 0. The molecule has 0 spiro atoms. The highest BCUT2D eigenvalue weighted by atomic mass is 32.2. The number of thioether (sulfide) groups is 1. The molecule has 0 radical (unpaired) electrons. The fourth-order valence-electron chi connectivity index (χ4n) is 3.87. The van der Waals surface area contributed by atoms with Crippen molar-refractivity contribution in [3.8, 4) is 0 Å². The highest BCUT2D eigenvalue weighted by Crippen LogP contribution is 2.34. The summed E-state index contributed by atoms with van der Waals surface area (Å²) in [6.45, 7) is 4.99. The fraction of sp³-hybridized carbons (Fsp3) is 0.455. The number of carbonyl (C=O) groups is 1. The SMILES string of the molecule is COCCCN1C(=O)/C(=C\c2c(N3CCC(C)CC3)nc3ccccn3c2=O)SC1=S. The Morgan fingerprint density at radius 2 is 2.06 bits per heavy atom. The summed E-state index contributed by atoms with van der Waals surface area (Å²) >= 11 is 6.66. The number of piperidine rings is 1. The van der Waals surface area contributed by atoms with Crippen molar-refractivity contribution in [3.05, 3.63) is 45.2 Å². The molecule has 4 heterocycles. The van der Waals surface area contributed by atoms with Crippen LogP contribution in [0.5, 0.6) is 0 Å². The molecule has 4 rings (SSSR count). The Kier molecular flexibility index (Phi) is 6.74. The Balaban J connectivity index is 1.75. The topological polar surface area (TPSA) is 67.2 Å². The Bertz CT molecular complexity index is 1090. The third-order valence-electron chi connectivity index (χ3n) is 5.71. The van der Waals surface area contributed by atoms with Crippen molar-refractivity contribution in [1.29, 1.82) is 0 Å². The molecule has 0 aliphatic carbocycles. The molecule has 2 aliphatic heterocycles. The first kappa shape index (κ1) is 22.0. The van der Waals surface area contributed by atoms with Gasteiger partial charge in [-0.1, -0.05) is 37.0 Å². The van der Waals surface area contributed by atoms with E-state index in [0.717, 1.165) is 25.9 Å². The van der Waals surface area contributed by atoms with Gasteiger partial charge in [-0.05, 0) is 43.4 Å². The number of rotatable bonds is 6. The fourth-order valence-corrected chi connectivity index (χ4v) is 5.16. The highest BCUT2D eigenvalue weighted by molar-refractivity contribution is 8.26. The van der Waals surface area contributed by atoms with Crippen LogP contribution in [0.2, 0.25) is 0 Å². The Morgan fingerprint density at radius 3 is 2.81 bits per heavy atom. The minimum absolute atomic E-state index is 0.165. The van der Waals surface area contributed by atoms with Gasteiger partial charge in [-0.3, -0.25) is 18.9 Å². The number of amides is 1. The van der Waals surface area contributed by atoms with Crippen molar-refractivity contribution < 1.29 is 9.53 Å². The standard InChI is InChI=1S/C22H26N4O3S2/c1-15-7-11-24(12-8-15)19-16(20(27)25-9-4-3-6-18(25)23-19)14-17-21(28)26(22(30)31-17)10-5-13-29-2/h3-4,6,9,14-15H,5,7-8,10-13H2,1-2H3/b17-14+.